The largest absolute Gasteiger partial charge is 0.416 e. The Morgan fingerprint density at radius 2 is 2.00 bits per heavy atom. The molecule has 1 N–H and O–H groups in total. The normalized spacial score (nSPS) is 12.0. The summed E-state index contributed by atoms with van der Waals surface area (Å²) >= 11 is 1.71. The van der Waals surface area contributed by atoms with E-state index < -0.39 is 11.7 Å². The third-order valence-corrected chi connectivity index (χ3v) is 5.29. The molecule has 0 bridgehead atoms. The number of halogens is 3. The Kier molecular flexibility index (Phi) is 6.91. The summed E-state index contributed by atoms with van der Waals surface area (Å²) in [6, 6.07) is 7.67. The highest BCUT2D eigenvalue weighted by Gasteiger charge is 2.30. The molecule has 3 rings (SSSR count). The molecule has 0 radical (unpaired) electrons. The fourth-order valence-electron chi connectivity index (χ4n) is 3.23. The zero-order valence-electron chi connectivity index (χ0n) is 15.8. The summed E-state index contributed by atoms with van der Waals surface area (Å²) in [5.74, 6) is 0. The predicted molar refractivity (Wildman–Crippen MR) is 110 cm³/mol. The van der Waals surface area contributed by atoms with Gasteiger partial charge in [-0.25, -0.2) is 0 Å². The van der Waals surface area contributed by atoms with Gasteiger partial charge in [-0.05, 0) is 60.0 Å². The Hall–Kier alpha value is -2.12. The molecule has 3 nitrogen and oxygen atoms in total. The summed E-state index contributed by atoms with van der Waals surface area (Å²) < 4.78 is 38.7. The Morgan fingerprint density at radius 3 is 2.71 bits per heavy atom. The van der Waals surface area contributed by atoms with Crippen molar-refractivity contribution in [2.24, 2.45) is 0 Å². The quantitative estimate of drug-likeness (QED) is 0.439. The number of rotatable bonds is 9. The lowest BCUT2D eigenvalue weighted by Crippen LogP contribution is -2.26. The van der Waals surface area contributed by atoms with Gasteiger partial charge in [0.05, 0.1) is 11.1 Å². The standard InChI is InChI=1S/C21H24F3N3S/c1-2-10-27(14-16-7-12-28-15-16)11-3-8-25-19-6-9-26-20-13-17(21(22,23)24)4-5-18(19)20/h4-7,9,12-13,15H,2-3,8,10-11,14H2,1H3,(H,25,26). The van der Waals surface area contributed by atoms with E-state index >= 15 is 0 Å². The average Bonchev–Trinajstić information content (AvgIpc) is 3.17. The van der Waals surface area contributed by atoms with Crippen LogP contribution in [-0.2, 0) is 12.7 Å². The van der Waals surface area contributed by atoms with E-state index in [1.807, 2.05) is 6.07 Å². The van der Waals surface area contributed by atoms with E-state index in [0.717, 1.165) is 56.8 Å². The molecule has 0 atom stereocenters. The van der Waals surface area contributed by atoms with Gasteiger partial charge >= 0.3 is 6.18 Å². The number of pyridine rings is 1. The molecule has 0 fully saturated rings. The summed E-state index contributed by atoms with van der Waals surface area (Å²) in [5, 5.41) is 8.34. The van der Waals surface area contributed by atoms with Crippen LogP contribution in [0.4, 0.5) is 18.9 Å². The van der Waals surface area contributed by atoms with Crippen molar-refractivity contribution >= 4 is 27.9 Å². The van der Waals surface area contributed by atoms with E-state index in [-0.39, 0.29) is 0 Å². The van der Waals surface area contributed by atoms with Crippen molar-refractivity contribution in [3.8, 4) is 0 Å². The van der Waals surface area contributed by atoms with Crippen LogP contribution in [-0.4, -0.2) is 29.5 Å². The highest BCUT2D eigenvalue weighted by molar-refractivity contribution is 7.07. The molecule has 3 aromatic rings. The predicted octanol–water partition coefficient (Wildman–Crippen LogP) is 6.03. The SMILES string of the molecule is CCCN(CCCNc1ccnc2cc(C(F)(F)F)ccc12)Cc1ccsc1. The molecule has 0 spiro atoms. The zero-order chi connectivity index (χ0) is 20.0. The highest BCUT2D eigenvalue weighted by Crippen LogP contribution is 2.32. The number of hydrogen-bond acceptors (Lipinski definition) is 4. The molecule has 0 unspecified atom stereocenters. The van der Waals surface area contributed by atoms with Crippen LogP contribution in [0.5, 0.6) is 0 Å². The van der Waals surface area contributed by atoms with E-state index in [4.69, 9.17) is 0 Å². The first-order valence-corrected chi connectivity index (χ1v) is 10.3. The van der Waals surface area contributed by atoms with Gasteiger partial charge in [0.2, 0.25) is 0 Å². The molecule has 0 saturated carbocycles. The van der Waals surface area contributed by atoms with Crippen molar-refractivity contribution in [1.82, 2.24) is 9.88 Å². The second kappa shape index (κ2) is 9.39. The minimum absolute atomic E-state index is 0.352. The van der Waals surface area contributed by atoms with Crippen molar-refractivity contribution in [2.45, 2.75) is 32.5 Å². The van der Waals surface area contributed by atoms with Crippen LogP contribution in [0.1, 0.15) is 30.9 Å². The molecule has 1 aromatic carbocycles. The summed E-state index contributed by atoms with van der Waals surface area (Å²) in [7, 11) is 0. The second-order valence-electron chi connectivity index (χ2n) is 6.78. The number of fused-ring (bicyclic) bond motifs is 1. The number of thiophene rings is 1. The molecule has 0 aliphatic carbocycles. The smallest absolute Gasteiger partial charge is 0.384 e. The van der Waals surface area contributed by atoms with Crippen LogP contribution in [0, 0.1) is 0 Å². The number of nitrogens with one attached hydrogen (secondary N) is 1. The molecule has 28 heavy (non-hydrogen) atoms. The third-order valence-electron chi connectivity index (χ3n) is 4.56. The van der Waals surface area contributed by atoms with Gasteiger partial charge in [-0.15, -0.1) is 0 Å². The molecule has 2 aromatic heterocycles. The zero-order valence-corrected chi connectivity index (χ0v) is 16.6. The number of anilines is 1. The molecular formula is C21H24F3N3S. The van der Waals surface area contributed by atoms with Gasteiger partial charge in [0.15, 0.2) is 0 Å². The van der Waals surface area contributed by atoms with Gasteiger partial charge in [0.1, 0.15) is 0 Å². The van der Waals surface area contributed by atoms with Crippen molar-refractivity contribution < 1.29 is 13.2 Å². The highest BCUT2D eigenvalue weighted by atomic mass is 32.1. The third kappa shape index (κ3) is 5.45. The molecule has 0 aliphatic rings. The van der Waals surface area contributed by atoms with Crippen LogP contribution >= 0.6 is 11.3 Å². The maximum atomic E-state index is 12.9. The van der Waals surface area contributed by atoms with Gasteiger partial charge < -0.3 is 5.32 Å². The summed E-state index contributed by atoms with van der Waals surface area (Å²) in [6.45, 7) is 5.91. The first-order valence-electron chi connectivity index (χ1n) is 9.40. The van der Waals surface area contributed by atoms with E-state index in [1.165, 1.54) is 11.6 Å². The Labute approximate surface area is 167 Å². The first-order chi connectivity index (χ1) is 13.5. The van der Waals surface area contributed by atoms with Gasteiger partial charge in [0, 0.05) is 36.9 Å². The lowest BCUT2D eigenvalue weighted by Gasteiger charge is -2.21. The number of aromatic nitrogens is 1. The van der Waals surface area contributed by atoms with Crippen LogP contribution in [0.25, 0.3) is 10.9 Å². The van der Waals surface area contributed by atoms with E-state index in [1.54, 1.807) is 17.5 Å². The number of nitrogens with zero attached hydrogens (tertiary/aromatic N) is 2. The summed E-state index contributed by atoms with van der Waals surface area (Å²) in [6.07, 6.45) is -0.752. The van der Waals surface area contributed by atoms with Crippen molar-refractivity contribution in [1.29, 1.82) is 0 Å². The molecule has 0 amide bonds. The van der Waals surface area contributed by atoms with Gasteiger partial charge in [-0.2, -0.15) is 24.5 Å². The van der Waals surface area contributed by atoms with Gasteiger partial charge in [-0.3, -0.25) is 9.88 Å². The molecule has 0 aliphatic heterocycles. The van der Waals surface area contributed by atoms with E-state index in [2.05, 4.69) is 39.0 Å². The van der Waals surface area contributed by atoms with Crippen LogP contribution in [0.15, 0.2) is 47.3 Å². The number of hydrogen-bond donors (Lipinski definition) is 1. The molecule has 7 heteroatoms. The van der Waals surface area contributed by atoms with Crippen molar-refractivity contribution in [2.75, 3.05) is 25.0 Å². The molecular weight excluding hydrogens is 383 g/mol. The topological polar surface area (TPSA) is 28.2 Å². The lowest BCUT2D eigenvalue weighted by atomic mass is 10.1. The fraction of sp³-hybridized carbons (Fsp3) is 0.381. The van der Waals surface area contributed by atoms with E-state index in [0.29, 0.717) is 10.9 Å². The first kappa shape index (κ1) is 20.6. The Balaban J connectivity index is 1.58. The Bertz CT molecular complexity index is 878. The van der Waals surface area contributed by atoms with Crippen molar-refractivity contribution in [3.05, 3.63) is 58.4 Å². The summed E-state index contributed by atoms with van der Waals surface area (Å²) in [5.41, 5.74) is 1.84. The summed E-state index contributed by atoms with van der Waals surface area (Å²) in [4.78, 5) is 6.53. The second-order valence-corrected chi connectivity index (χ2v) is 7.56. The number of benzene rings is 1. The van der Waals surface area contributed by atoms with Gasteiger partial charge in [0.25, 0.3) is 0 Å². The van der Waals surface area contributed by atoms with Crippen LogP contribution in [0.3, 0.4) is 0 Å². The minimum Gasteiger partial charge on any atom is -0.384 e. The average molecular weight is 408 g/mol. The maximum absolute atomic E-state index is 12.9. The van der Waals surface area contributed by atoms with Crippen LogP contribution < -0.4 is 5.32 Å². The number of alkyl halides is 3. The van der Waals surface area contributed by atoms with Crippen LogP contribution in [0.2, 0.25) is 0 Å². The fourth-order valence-corrected chi connectivity index (χ4v) is 3.89. The molecule has 2 heterocycles. The minimum atomic E-state index is -4.36. The van der Waals surface area contributed by atoms with E-state index in [9.17, 15) is 13.2 Å². The molecule has 150 valence electrons. The van der Waals surface area contributed by atoms with Gasteiger partial charge in [-0.1, -0.05) is 13.0 Å². The monoisotopic (exact) mass is 407 g/mol. The Morgan fingerprint density at radius 1 is 1.14 bits per heavy atom. The van der Waals surface area contributed by atoms with Crippen molar-refractivity contribution in [3.63, 3.8) is 0 Å². The lowest BCUT2D eigenvalue weighted by molar-refractivity contribution is -0.137. The maximum Gasteiger partial charge on any atom is 0.416 e. The molecule has 0 saturated heterocycles.